The molecule has 0 spiro atoms. The SMILES string of the molecule is CCC(C)Sc1ccc(NC(=O)N2CCc3[nH]c4ccccc4c3C2)c(C)c1. The van der Waals surface area contributed by atoms with Crippen LogP contribution in [-0.2, 0) is 13.0 Å². The van der Waals surface area contributed by atoms with Crippen LogP contribution in [0, 0.1) is 6.92 Å². The van der Waals surface area contributed by atoms with Gasteiger partial charge in [-0.05, 0) is 43.2 Å². The van der Waals surface area contributed by atoms with Crippen LogP contribution in [0.4, 0.5) is 10.5 Å². The van der Waals surface area contributed by atoms with Crippen molar-refractivity contribution in [2.45, 2.75) is 50.3 Å². The molecule has 1 aliphatic heterocycles. The lowest BCUT2D eigenvalue weighted by Crippen LogP contribution is -2.38. The van der Waals surface area contributed by atoms with Crippen molar-refractivity contribution in [3.8, 4) is 0 Å². The number of fused-ring (bicyclic) bond motifs is 3. The van der Waals surface area contributed by atoms with E-state index >= 15 is 0 Å². The summed E-state index contributed by atoms with van der Waals surface area (Å²) < 4.78 is 0. The molecule has 5 heteroatoms. The Bertz CT molecular complexity index is 1010. The Morgan fingerprint density at radius 1 is 1.29 bits per heavy atom. The van der Waals surface area contributed by atoms with E-state index in [1.54, 1.807) is 0 Å². The van der Waals surface area contributed by atoms with E-state index < -0.39 is 0 Å². The first-order valence-electron chi connectivity index (χ1n) is 9.97. The van der Waals surface area contributed by atoms with Crippen LogP contribution in [0.1, 0.15) is 37.1 Å². The summed E-state index contributed by atoms with van der Waals surface area (Å²) in [6.45, 7) is 7.88. The zero-order chi connectivity index (χ0) is 19.7. The van der Waals surface area contributed by atoms with Gasteiger partial charge in [-0.1, -0.05) is 32.0 Å². The molecule has 1 aromatic heterocycles. The van der Waals surface area contributed by atoms with Gasteiger partial charge in [-0.2, -0.15) is 0 Å². The van der Waals surface area contributed by atoms with Gasteiger partial charge in [0.1, 0.15) is 0 Å². The van der Waals surface area contributed by atoms with E-state index in [1.165, 1.54) is 21.5 Å². The van der Waals surface area contributed by atoms with E-state index in [9.17, 15) is 4.79 Å². The molecule has 2 amide bonds. The number of carbonyl (C=O) groups is 1. The van der Waals surface area contributed by atoms with Gasteiger partial charge in [-0.15, -0.1) is 11.8 Å². The number of aromatic amines is 1. The molecule has 28 heavy (non-hydrogen) atoms. The van der Waals surface area contributed by atoms with E-state index in [4.69, 9.17) is 0 Å². The number of H-pyrrole nitrogens is 1. The molecule has 1 aliphatic rings. The summed E-state index contributed by atoms with van der Waals surface area (Å²) in [5.74, 6) is 0. The third-order valence-corrected chi connectivity index (χ3v) is 6.78. The second kappa shape index (κ2) is 7.92. The average molecular weight is 394 g/mol. The fourth-order valence-corrected chi connectivity index (χ4v) is 4.72. The highest BCUT2D eigenvalue weighted by molar-refractivity contribution is 7.99. The van der Waals surface area contributed by atoms with E-state index in [1.807, 2.05) is 28.8 Å². The minimum Gasteiger partial charge on any atom is -0.358 e. The third-order valence-electron chi connectivity index (χ3n) is 5.52. The van der Waals surface area contributed by atoms with Crippen LogP contribution in [0.15, 0.2) is 47.4 Å². The number of para-hydroxylation sites is 1. The first-order chi connectivity index (χ1) is 13.5. The van der Waals surface area contributed by atoms with Gasteiger partial charge in [0.2, 0.25) is 0 Å². The fourth-order valence-electron chi connectivity index (χ4n) is 3.70. The number of nitrogens with one attached hydrogen (secondary N) is 2. The van der Waals surface area contributed by atoms with Crippen LogP contribution in [0.3, 0.4) is 0 Å². The third kappa shape index (κ3) is 3.76. The van der Waals surface area contributed by atoms with Crippen LogP contribution in [0.5, 0.6) is 0 Å². The maximum atomic E-state index is 12.9. The Balaban J connectivity index is 1.47. The lowest BCUT2D eigenvalue weighted by Gasteiger charge is -2.27. The van der Waals surface area contributed by atoms with Crippen LogP contribution < -0.4 is 5.32 Å². The van der Waals surface area contributed by atoms with Crippen molar-refractivity contribution in [2.24, 2.45) is 0 Å². The standard InChI is InChI=1S/C23H27N3OS/c1-4-16(3)28-17-9-10-20(15(2)13-17)25-23(27)26-12-11-22-19(14-26)18-7-5-6-8-21(18)24-22/h5-10,13,16,24H,4,11-12,14H2,1-3H3,(H,25,27). The summed E-state index contributed by atoms with van der Waals surface area (Å²) in [4.78, 5) is 19.6. The highest BCUT2D eigenvalue weighted by Gasteiger charge is 2.24. The number of amides is 2. The molecule has 2 aromatic carbocycles. The van der Waals surface area contributed by atoms with Crippen molar-refractivity contribution in [1.29, 1.82) is 0 Å². The molecule has 4 rings (SSSR count). The Labute approximate surface area is 170 Å². The number of thioether (sulfide) groups is 1. The molecule has 2 N–H and O–H groups in total. The first kappa shape index (κ1) is 18.9. The van der Waals surface area contributed by atoms with E-state index in [-0.39, 0.29) is 6.03 Å². The molecular formula is C23H27N3OS. The number of anilines is 1. The molecule has 0 saturated carbocycles. The molecule has 0 saturated heterocycles. The number of aromatic nitrogens is 1. The van der Waals surface area contributed by atoms with Crippen molar-refractivity contribution in [3.63, 3.8) is 0 Å². The first-order valence-corrected chi connectivity index (χ1v) is 10.8. The zero-order valence-corrected chi connectivity index (χ0v) is 17.5. The van der Waals surface area contributed by atoms with Gasteiger partial charge in [0, 0.05) is 57.5 Å². The summed E-state index contributed by atoms with van der Waals surface area (Å²) in [5, 5.41) is 4.93. The molecule has 146 valence electrons. The van der Waals surface area contributed by atoms with E-state index in [0.29, 0.717) is 11.8 Å². The van der Waals surface area contributed by atoms with Crippen LogP contribution in [0.25, 0.3) is 10.9 Å². The summed E-state index contributed by atoms with van der Waals surface area (Å²) in [6, 6.07) is 14.6. The minimum atomic E-state index is -0.0265. The van der Waals surface area contributed by atoms with Crippen molar-refractivity contribution >= 4 is 34.4 Å². The van der Waals surface area contributed by atoms with Crippen molar-refractivity contribution < 1.29 is 4.79 Å². The normalized spacial score (nSPS) is 14.8. The maximum absolute atomic E-state index is 12.9. The Morgan fingerprint density at radius 3 is 2.89 bits per heavy atom. The molecule has 0 aliphatic carbocycles. The number of carbonyl (C=O) groups excluding carboxylic acids is 1. The predicted octanol–water partition coefficient (Wildman–Crippen LogP) is 5.96. The molecule has 4 nitrogen and oxygen atoms in total. The monoisotopic (exact) mass is 393 g/mol. The highest BCUT2D eigenvalue weighted by atomic mass is 32.2. The largest absolute Gasteiger partial charge is 0.358 e. The maximum Gasteiger partial charge on any atom is 0.322 e. The number of hydrogen-bond acceptors (Lipinski definition) is 2. The molecular weight excluding hydrogens is 366 g/mol. The van der Waals surface area contributed by atoms with Gasteiger partial charge in [0.25, 0.3) is 0 Å². The number of hydrogen-bond donors (Lipinski definition) is 2. The predicted molar refractivity (Wildman–Crippen MR) is 118 cm³/mol. The number of aryl methyl sites for hydroxylation is 1. The quantitative estimate of drug-likeness (QED) is 0.538. The fraction of sp³-hybridized carbons (Fsp3) is 0.348. The van der Waals surface area contributed by atoms with Crippen molar-refractivity contribution in [3.05, 3.63) is 59.3 Å². The van der Waals surface area contributed by atoms with Gasteiger partial charge in [-0.3, -0.25) is 0 Å². The summed E-state index contributed by atoms with van der Waals surface area (Å²) in [6.07, 6.45) is 2.01. The van der Waals surface area contributed by atoms with Gasteiger partial charge in [-0.25, -0.2) is 4.79 Å². The van der Waals surface area contributed by atoms with E-state index in [2.05, 4.69) is 61.4 Å². The van der Waals surface area contributed by atoms with Crippen LogP contribution >= 0.6 is 11.8 Å². The Morgan fingerprint density at radius 2 is 2.11 bits per heavy atom. The van der Waals surface area contributed by atoms with Crippen LogP contribution in [0.2, 0.25) is 0 Å². The lowest BCUT2D eigenvalue weighted by atomic mass is 10.0. The van der Waals surface area contributed by atoms with E-state index in [0.717, 1.165) is 36.2 Å². The average Bonchev–Trinajstić information content (AvgIpc) is 3.07. The molecule has 0 bridgehead atoms. The molecule has 1 unspecified atom stereocenters. The highest BCUT2D eigenvalue weighted by Crippen LogP contribution is 2.30. The number of rotatable bonds is 4. The number of nitrogens with zero attached hydrogens (tertiary/aromatic N) is 1. The smallest absolute Gasteiger partial charge is 0.322 e. The number of benzene rings is 2. The summed E-state index contributed by atoms with van der Waals surface area (Å²) >= 11 is 1.88. The van der Waals surface area contributed by atoms with Crippen molar-refractivity contribution in [2.75, 3.05) is 11.9 Å². The summed E-state index contributed by atoms with van der Waals surface area (Å²) in [7, 11) is 0. The second-order valence-electron chi connectivity index (χ2n) is 7.54. The van der Waals surface area contributed by atoms with Gasteiger partial charge in [0.05, 0.1) is 0 Å². The number of urea groups is 1. The molecule has 2 heterocycles. The summed E-state index contributed by atoms with van der Waals surface area (Å²) in [5.41, 5.74) is 5.65. The molecule has 0 fully saturated rings. The Hall–Kier alpha value is -2.40. The van der Waals surface area contributed by atoms with Gasteiger partial charge < -0.3 is 15.2 Å². The minimum absolute atomic E-state index is 0.0265. The van der Waals surface area contributed by atoms with Crippen LogP contribution in [-0.4, -0.2) is 27.7 Å². The topological polar surface area (TPSA) is 48.1 Å². The molecule has 3 aromatic rings. The zero-order valence-electron chi connectivity index (χ0n) is 16.7. The van der Waals surface area contributed by atoms with Crippen molar-refractivity contribution in [1.82, 2.24) is 9.88 Å². The van der Waals surface area contributed by atoms with Gasteiger partial charge >= 0.3 is 6.03 Å². The Kier molecular flexibility index (Phi) is 5.36. The van der Waals surface area contributed by atoms with Gasteiger partial charge in [0.15, 0.2) is 0 Å². The molecule has 1 atom stereocenters. The molecule has 0 radical (unpaired) electrons. The second-order valence-corrected chi connectivity index (χ2v) is 9.05. The lowest BCUT2D eigenvalue weighted by molar-refractivity contribution is 0.206.